The molecule has 4 nitrogen and oxygen atoms in total. The fraction of sp³-hybridized carbons (Fsp3) is 0.200. The molecule has 20 heavy (non-hydrogen) atoms. The first-order chi connectivity index (χ1) is 9.72. The Morgan fingerprint density at radius 2 is 2.00 bits per heavy atom. The van der Waals surface area contributed by atoms with Gasteiger partial charge in [-0.3, -0.25) is 0 Å². The molecule has 0 fully saturated rings. The summed E-state index contributed by atoms with van der Waals surface area (Å²) in [4.78, 5) is 0. The van der Waals surface area contributed by atoms with Crippen LogP contribution in [-0.4, -0.2) is 6.79 Å². The molecule has 2 aromatic rings. The molecule has 1 aliphatic rings. The molecule has 0 amide bonds. The zero-order valence-corrected chi connectivity index (χ0v) is 11.5. The zero-order chi connectivity index (χ0) is 13.9. The summed E-state index contributed by atoms with van der Waals surface area (Å²) in [5.41, 5.74) is 8.43. The molecule has 0 saturated carbocycles. The minimum atomic E-state index is 0.255. The highest BCUT2D eigenvalue weighted by molar-refractivity contribution is 6.30. The van der Waals surface area contributed by atoms with Gasteiger partial charge in [0, 0.05) is 21.8 Å². The van der Waals surface area contributed by atoms with Gasteiger partial charge in [-0.2, -0.15) is 0 Å². The Hall–Kier alpha value is -1.91. The van der Waals surface area contributed by atoms with E-state index in [0.29, 0.717) is 23.9 Å². The summed E-state index contributed by atoms with van der Waals surface area (Å²) < 4.78 is 16.5. The van der Waals surface area contributed by atoms with Gasteiger partial charge in [-0.1, -0.05) is 11.6 Å². The average Bonchev–Trinajstić information content (AvgIpc) is 2.46. The minimum absolute atomic E-state index is 0.255. The van der Waals surface area contributed by atoms with Crippen LogP contribution in [0.4, 0.5) is 5.69 Å². The van der Waals surface area contributed by atoms with Crippen LogP contribution in [0.1, 0.15) is 11.1 Å². The lowest BCUT2D eigenvalue weighted by atomic mass is 10.1. The van der Waals surface area contributed by atoms with Crippen LogP contribution in [0.2, 0.25) is 5.02 Å². The summed E-state index contributed by atoms with van der Waals surface area (Å²) in [5.74, 6) is 1.55. The van der Waals surface area contributed by atoms with Crippen molar-refractivity contribution in [3.63, 3.8) is 0 Å². The van der Waals surface area contributed by atoms with Crippen molar-refractivity contribution in [2.45, 2.75) is 13.2 Å². The Bertz CT molecular complexity index is 613. The molecular formula is C15H14ClNO3. The van der Waals surface area contributed by atoms with Crippen molar-refractivity contribution in [1.82, 2.24) is 0 Å². The molecule has 5 heteroatoms. The Morgan fingerprint density at radius 1 is 1.20 bits per heavy atom. The number of hydrogen-bond acceptors (Lipinski definition) is 4. The Balaban J connectivity index is 1.80. The lowest BCUT2D eigenvalue weighted by Gasteiger charge is -2.21. The van der Waals surface area contributed by atoms with Gasteiger partial charge in [0.15, 0.2) is 6.79 Å². The van der Waals surface area contributed by atoms with E-state index in [-0.39, 0.29) is 6.79 Å². The number of rotatable bonds is 3. The highest BCUT2D eigenvalue weighted by atomic mass is 35.5. The van der Waals surface area contributed by atoms with E-state index in [4.69, 9.17) is 31.5 Å². The van der Waals surface area contributed by atoms with Gasteiger partial charge in [-0.15, -0.1) is 0 Å². The van der Waals surface area contributed by atoms with Crippen molar-refractivity contribution < 1.29 is 14.2 Å². The maximum atomic E-state index is 5.89. The van der Waals surface area contributed by atoms with E-state index in [0.717, 1.165) is 22.6 Å². The zero-order valence-electron chi connectivity index (χ0n) is 10.8. The highest BCUT2D eigenvalue weighted by Crippen LogP contribution is 2.31. The summed E-state index contributed by atoms with van der Waals surface area (Å²) in [6.07, 6.45) is 0. The summed E-state index contributed by atoms with van der Waals surface area (Å²) in [6.45, 7) is 1.15. The first-order valence-corrected chi connectivity index (χ1v) is 6.60. The smallest absolute Gasteiger partial charge is 0.189 e. The second kappa shape index (κ2) is 5.61. The molecule has 0 unspecified atom stereocenters. The van der Waals surface area contributed by atoms with Gasteiger partial charge >= 0.3 is 0 Å². The van der Waals surface area contributed by atoms with E-state index in [1.165, 1.54) is 0 Å². The third kappa shape index (κ3) is 2.81. The number of benzene rings is 2. The molecule has 1 aliphatic heterocycles. The third-order valence-corrected chi connectivity index (χ3v) is 3.27. The van der Waals surface area contributed by atoms with Gasteiger partial charge < -0.3 is 19.9 Å². The lowest BCUT2D eigenvalue weighted by Crippen LogP contribution is -2.14. The number of nitrogen functional groups attached to an aromatic ring is 1. The molecule has 0 bridgehead atoms. The van der Waals surface area contributed by atoms with E-state index in [1.807, 2.05) is 24.3 Å². The second-order valence-corrected chi connectivity index (χ2v) is 4.96. The summed E-state index contributed by atoms with van der Waals surface area (Å²) >= 11 is 5.84. The fourth-order valence-electron chi connectivity index (χ4n) is 2.13. The number of ether oxygens (including phenoxy) is 3. The Labute approximate surface area is 122 Å². The predicted molar refractivity (Wildman–Crippen MR) is 76.9 cm³/mol. The molecule has 0 aliphatic carbocycles. The monoisotopic (exact) mass is 291 g/mol. The SMILES string of the molecule is Nc1cc2c(c(COc3ccc(Cl)cc3)c1)OCOC2. The van der Waals surface area contributed by atoms with Crippen LogP contribution in [-0.2, 0) is 18.0 Å². The van der Waals surface area contributed by atoms with Crippen LogP contribution < -0.4 is 15.2 Å². The minimum Gasteiger partial charge on any atom is -0.489 e. The molecular weight excluding hydrogens is 278 g/mol. The highest BCUT2D eigenvalue weighted by Gasteiger charge is 2.16. The van der Waals surface area contributed by atoms with Crippen molar-refractivity contribution in [3.8, 4) is 11.5 Å². The lowest BCUT2D eigenvalue weighted by molar-refractivity contribution is -0.0175. The normalized spacial score (nSPS) is 13.4. The van der Waals surface area contributed by atoms with Crippen LogP contribution in [0, 0.1) is 0 Å². The van der Waals surface area contributed by atoms with Crippen molar-refractivity contribution in [3.05, 3.63) is 52.5 Å². The number of nitrogens with two attached hydrogens (primary N) is 1. The standard InChI is InChI=1S/C15H14ClNO3/c16-12-1-3-14(4-2-12)19-8-11-6-13(17)5-10-7-18-9-20-15(10)11/h1-6H,7-9,17H2. The third-order valence-electron chi connectivity index (χ3n) is 3.02. The maximum absolute atomic E-state index is 5.89. The van der Waals surface area contributed by atoms with Crippen molar-refractivity contribution in [1.29, 1.82) is 0 Å². The first-order valence-electron chi connectivity index (χ1n) is 6.22. The molecule has 0 aromatic heterocycles. The van der Waals surface area contributed by atoms with Crippen LogP contribution in [0.25, 0.3) is 0 Å². The van der Waals surface area contributed by atoms with Gasteiger partial charge in [0.1, 0.15) is 18.1 Å². The van der Waals surface area contributed by atoms with E-state index in [9.17, 15) is 0 Å². The van der Waals surface area contributed by atoms with Gasteiger partial charge in [0.2, 0.25) is 0 Å². The van der Waals surface area contributed by atoms with E-state index in [1.54, 1.807) is 12.1 Å². The maximum Gasteiger partial charge on any atom is 0.189 e. The number of hydrogen-bond donors (Lipinski definition) is 1. The van der Waals surface area contributed by atoms with Crippen LogP contribution >= 0.6 is 11.6 Å². The topological polar surface area (TPSA) is 53.7 Å². The molecule has 2 N–H and O–H groups in total. The molecule has 0 saturated heterocycles. The number of halogens is 1. The molecule has 0 spiro atoms. The summed E-state index contributed by atoms with van der Waals surface area (Å²) in [5, 5.41) is 0.680. The number of anilines is 1. The molecule has 3 rings (SSSR count). The molecule has 2 aromatic carbocycles. The second-order valence-electron chi connectivity index (χ2n) is 4.52. The van der Waals surface area contributed by atoms with E-state index >= 15 is 0 Å². The molecule has 0 radical (unpaired) electrons. The van der Waals surface area contributed by atoms with Gasteiger partial charge in [0.05, 0.1) is 6.61 Å². The first kappa shape index (κ1) is 13.1. The van der Waals surface area contributed by atoms with Crippen LogP contribution in [0.5, 0.6) is 11.5 Å². The van der Waals surface area contributed by atoms with Crippen LogP contribution in [0.15, 0.2) is 36.4 Å². The molecule has 0 atom stereocenters. The van der Waals surface area contributed by atoms with Gasteiger partial charge in [0.25, 0.3) is 0 Å². The van der Waals surface area contributed by atoms with Crippen LogP contribution in [0.3, 0.4) is 0 Å². The van der Waals surface area contributed by atoms with Crippen molar-refractivity contribution in [2.24, 2.45) is 0 Å². The molecule has 1 heterocycles. The average molecular weight is 292 g/mol. The van der Waals surface area contributed by atoms with Gasteiger partial charge in [-0.05, 0) is 36.4 Å². The van der Waals surface area contributed by atoms with Crippen molar-refractivity contribution >= 4 is 17.3 Å². The largest absolute Gasteiger partial charge is 0.489 e. The quantitative estimate of drug-likeness (QED) is 0.881. The Kier molecular flexibility index (Phi) is 3.67. The molecule has 104 valence electrons. The number of fused-ring (bicyclic) bond motifs is 1. The Morgan fingerprint density at radius 3 is 2.80 bits per heavy atom. The summed E-state index contributed by atoms with van der Waals surface area (Å²) in [6, 6.07) is 10.9. The van der Waals surface area contributed by atoms with E-state index in [2.05, 4.69) is 0 Å². The summed E-state index contributed by atoms with van der Waals surface area (Å²) in [7, 11) is 0. The van der Waals surface area contributed by atoms with Crippen molar-refractivity contribution in [2.75, 3.05) is 12.5 Å². The fourth-order valence-corrected chi connectivity index (χ4v) is 2.25. The van der Waals surface area contributed by atoms with E-state index < -0.39 is 0 Å². The predicted octanol–water partition coefficient (Wildman–Crippen LogP) is 3.37. The van der Waals surface area contributed by atoms with Gasteiger partial charge in [-0.25, -0.2) is 0 Å².